The second-order valence-corrected chi connectivity index (χ2v) is 6.82. The number of fused-ring (bicyclic) bond motifs is 1. The number of aryl methyl sites for hydroxylation is 1. The van der Waals surface area contributed by atoms with Crippen LogP contribution in [0.2, 0.25) is 0 Å². The lowest BCUT2D eigenvalue weighted by Crippen LogP contribution is -2.27. The van der Waals surface area contributed by atoms with Gasteiger partial charge in [-0.3, -0.25) is 0 Å². The van der Waals surface area contributed by atoms with Crippen LogP contribution < -0.4 is 5.32 Å². The molecular weight excluding hydrogens is 250 g/mol. The van der Waals surface area contributed by atoms with Gasteiger partial charge in [-0.05, 0) is 49.6 Å². The lowest BCUT2D eigenvalue weighted by Gasteiger charge is -2.26. The summed E-state index contributed by atoms with van der Waals surface area (Å²) in [6.07, 6.45) is 8.00. The molecule has 2 heteroatoms. The Morgan fingerprint density at radius 3 is 2.89 bits per heavy atom. The van der Waals surface area contributed by atoms with Gasteiger partial charge in [-0.15, -0.1) is 0 Å². The maximum atomic E-state index is 3.57. The Morgan fingerprint density at radius 2 is 2.11 bits per heavy atom. The van der Waals surface area contributed by atoms with Crippen molar-refractivity contribution >= 4 is 11.8 Å². The summed E-state index contributed by atoms with van der Waals surface area (Å²) in [4.78, 5) is 0. The average Bonchev–Trinajstić information content (AvgIpc) is 2.62. The Kier molecular flexibility index (Phi) is 6.25. The molecule has 0 saturated carbocycles. The van der Waals surface area contributed by atoms with Crippen molar-refractivity contribution in [2.45, 2.75) is 56.7 Å². The molecule has 19 heavy (non-hydrogen) atoms. The van der Waals surface area contributed by atoms with Crippen molar-refractivity contribution in [2.75, 3.05) is 12.8 Å². The third kappa shape index (κ3) is 4.00. The third-order valence-corrected chi connectivity index (χ3v) is 5.55. The van der Waals surface area contributed by atoms with E-state index in [2.05, 4.69) is 55.3 Å². The van der Waals surface area contributed by atoms with Gasteiger partial charge in [0.15, 0.2) is 0 Å². The highest BCUT2D eigenvalue weighted by atomic mass is 32.2. The van der Waals surface area contributed by atoms with Crippen molar-refractivity contribution in [2.24, 2.45) is 0 Å². The summed E-state index contributed by atoms with van der Waals surface area (Å²) in [7, 11) is 2.12. The molecule has 0 radical (unpaired) electrons. The van der Waals surface area contributed by atoms with Gasteiger partial charge in [-0.2, -0.15) is 11.8 Å². The van der Waals surface area contributed by atoms with Gasteiger partial charge in [0.2, 0.25) is 0 Å². The molecule has 0 heterocycles. The van der Waals surface area contributed by atoms with Crippen LogP contribution >= 0.6 is 11.8 Å². The zero-order chi connectivity index (χ0) is 13.5. The molecule has 0 fully saturated rings. The number of hydrogen-bond acceptors (Lipinski definition) is 2. The summed E-state index contributed by atoms with van der Waals surface area (Å²) >= 11 is 2.18. The van der Waals surface area contributed by atoms with E-state index in [-0.39, 0.29) is 0 Å². The first-order chi connectivity index (χ1) is 9.36. The van der Waals surface area contributed by atoms with Crippen LogP contribution in [0, 0.1) is 0 Å². The molecule has 0 spiro atoms. The Labute approximate surface area is 122 Å². The largest absolute Gasteiger partial charge is 0.312 e. The molecule has 0 saturated heterocycles. The van der Waals surface area contributed by atoms with Gasteiger partial charge in [0, 0.05) is 11.3 Å². The summed E-state index contributed by atoms with van der Waals surface area (Å²) in [5.41, 5.74) is 3.09. The van der Waals surface area contributed by atoms with Gasteiger partial charge in [-0.1, -0.05) is 44.0 Å². The van der Waals surface area contributed by atoms with Crippen LogP contribution in [0.15, 0.2) is 24.3 Å². The number of nitrogens with one attached hydrogen (secondary N) is 1. The van der Waals surface area contributed by atoms with Gasteiger partial charge in [-0.25, -0.2) is 0 Å². The molecule has 106 valence electrons. The first-order valence-corrected chi connectivity index (χ1v) is 8.78. The van der Waals surface area contributed by atoms with E-state index in [0.29, 0.717) is 6.04 Å². The van der Waals surface area contributed by atoms with Crippen LogP contribution in [-0.2, 0) is 6.42 Å². The molecule has 0 aliphatic heterocycles. The molecule has 1 aromatic rings. The highest BCUT2D eigenvalue weighted by Gasteiger charge is 2.26. The lowest BCUT2D eigenvalue weighted by molar-refractivity contribution is 0.547. The van der Waals surface area contributed by atoms with E-state index in [1.165, 1.54) is 49.8 Å². The van der Waals surface area contributed by atoms with Crippen LogP contribution in [0.3, 0.4) is 0 Å². The molecule has 0 aromatic heterocycles. The quantitative estimate of drug-likeness (QED) is 0.603. The maximum absolute atomic E-state index is 3.57. The van der Waals surface area contributed by atoms with Crippen molar-refractivity contribution < 1.29 is 0 Å². The van der Waals surface area contributed by atoms with Gasteiger partial charge in [0.25, 0.3) is 0 Å². The summed E-state index contributed by atoms with van der Waals surface area (Å²) in [5, 5.41) is 4.31. The van der Waals surface area contributed by atoms with E-state index in [0.717, 1.165) is 5.25 Å². The van der Waals surface area contributed by atoms with Crippen LogP contribution in [0.5, 0.6) is 0 Å². The molecule has 2 rings (SSSR count). The first kappa shape index (κ1) is 14.9. The van der Waals surface area contributed by atoms with Crippen molar-refractivity contribution in [3.63, 3.8) is 0 Å². The van der Waals surface area contributed by atoms with Crippen LogP contribution in [0.4, 0.5) is 0 Å². The smallest absolute Gasteiger partial charge is 0.0440 e. The van der Waals surface area contributed by atoms with E-state index in [4.69, 9.17) is 0 Å². The fraction of sp³-hybridized carbons (Fsp3) is 0.647. The number of hydrogen-bond donors (Lipinski definition) is 1. The minimum atomic E-state index is 0.533. The highest BCUT2D eigenvalue weighted by molar-refractivity contribution is 7.99. The Hall–Kier alpha value is -0.470. The number of thioether (sulfide) groups is 1. The van der Waals surface area contributed by atoms with Gasteiger partial charge < -0.3 is 5.32 Å². The lowest BCUT2D eigenvalue weighted by atomic mass is 9.99. The van der Waals surface area contributed by atoms with E-state index < -0.39 is 0 Å². The predicted octanol–water partition coefficient (Wildman–Crippen LogP) is 4.58. The number of rotatable bonds is 6. The van der Waals surface area contributed by atoms with Gasteiger partial charge >= 0.3 is 0 Å². The van der Waals surface area contributed by atoms with E-state index in [1.807, 2.05) is 0 Å². The molecule has 2 atom stereocenters. The highest BCUT2D eigenvalue weighted by Crippen LogP contribution is 2.36. The molecule has 1 aliphatic carbocycles. The normalized spacial score (nSPS) is 22.8. The molecule has 0 amide bonds. The molecule has 1 nitrogen and oxygen atoms in total. The average molecular weight is 277 g/mol. The number of unbranched alkanes of at least 4 members (excludes halogenated alkanes) is 2. The fourth-order valence-corrected chi connectivity index (χ4v) is 4.52. The molecule has 1 N–H and O–H groups in total. The van der Waals surface area contributed by atoms with Crippen molar-refractivity contribution in [3.05, 3.63) is 35.4 Å². The van der Waals surface area contributed by atoms with Crippen LogP contribution in [0.25, 0.3) is 0 Å². The van der Waals surface area contributed by atoms with Crippen molar-refractivity contribution in [1.82, 2.24) is 5.32 Å². The van der Waals surface area contributed by atoms with E-state index >= 15 is 0 Å². The van der Waals surface area contributed by atoms with E-state index in [9.17, 15) is 0 Å². The van der Waals surface area contributed by atoms with Gasteiger partial charge in [0.05, 0.1) is 0 Å². The second-order valence-electron chi connectivity index (χ2n) is 5.47. The molecule has 2 unspecified atom stereocenters. The Bertz CT molecular complexity index is 377. The second kappa shape index (κ2) is 7.96. The van der Waals surface area contributed by atoms with Crippen molar-refractivity contribution in [3.8, 4) is 0 Å². The minimum Gasteiger partial charge on any atom is -0.312 e. The topological polar surface area (TPSA) is 12.0 Å². The zero-order valence-corrected chi connectivity index (χ0v) is 13.1. The molecule has 1 aromatic carbocycles. The van der Waals surface area contributed by atoms with Crippen LogP contribution in [0.1, 0.15) is 56.2 Å². The van der Waals surface area contributed by atoms with Crippen molar-refractivity contribution in [1.29, 1.82) is 0 Å². The maximum Gasteiger partial charge on any atom is 0.0440 e. The first-order valence-electron chi connectivity index (χ1n) is 7.73. The summed E-state index contributed by atoms with van der Waals surface area (Å²) < 4.78 is 0. The predicted molar refractivity (Wildman–Crippen MR) is 87.0 cm³/mol. The fourth-order valence-electron chi connectivity index (χ4n) is 3.03. The molecule has 1 aliphatic rings. The molecule has 0 bridgehead atoms. The number of benzene rings is 1. The SMILES string of the molecule is CCCCCSC1CCCc2ccccc2C1NC. The van der Waals surface area contributed by atoms with E-state index in [1.54, 1.807) is 5.56 Å². The third-order valence-electron chi connectivity index (χ3n) is 4.09. The standard InChI is InChI=1S/C17H27NS/c1-3-4-7-13-19-16-12-8-10-14-9-5-6-11-15(14)17(16)18-2/h5-6,9,11,16-18H,3-4,7-8,10,12-13H2,1-2H3. The zero-order valence-electron chi connectivity index (χ0n) is 12.3. The molecular formula is C17H27NS. The Balaban J connectivity index is 2.03. The Morgan fingerprint density at radius 1 is 1.26 bits per heavy atom. The summed E-state index contributed by atoms with van der Waals surface area (Å²) in [6.45, 7) is 2.28. The summed E-state index contributed by atoms with van der Waals surface area (Å²) in [5.74, 6) is 1.32. The van der Waals surface area contributed by atoms with Gasteiger partial charge in [0.1, 0.15) is 0 Å². The monoisotopic (exact) mass is 277 g/mol. The minimum absolute atomic E-state index is 0.533. The summed E-state index contributed by atoms with van der Waals surface area (Å²) in [6, 6.07) is 9.53. The van der Waals surface area contributed by atoms with Crippen LogP contribution in [-0.4, -0.2) is 18.1 Å².